The van der Waals surface area contributed by atoms with Gasteiger partial charge in [0.05, 0.1) is 14.2 Å². The monoisotopic (exact) mass is 348 g/mol. The van der Waals surface area contributed by atoms with Gasteiger partial charge in [0.25, 0.3) is 5.91 Å². The molecule has 0 aliphatic heterocycles. The molecule has 0 bridgehead atoms. The van der Waals surface area contributed by atoms with E-state index in [1.54, 1.807) is 26.4 Å². The highest BCUT2D eigenvalue weighted by Gasteiger charge is 2.14. The fourth-order valence-corrected chi connectivity index (χ4v) is 2.91. The van der Waals surface area contributed by atoms with E-state index in [9.17, 15) is 4.79 Å². The van der Waals surface area contributed by atoms with E-state index in [0.717, 1.165) is 21.9 Å². The van der Waals surface area contributed by atoms with Crippen LogP contribution in [0.25, 0.3) is 22.4 Å². The molecule has 0 atom stereocenters. The molecule has 0 aromatic heterocycles. The number of carbonyl (C=O) groups excluding carboxylic acids is 1. The summed E-state index contributed by atoms with van der Waals surface area (Å²) in [5.41, 5.74) is 4.31. The van der Waals surface area contributed by atoms with Crippen molar-refractivity contribution in [2.24, 2.45) is 5.84 Å². The molecule has 0 fully saturated rings. The SMILES string of the molecule is COc1ccc(C=C(C(=O)NN)c2cccc3ccccc23)cc1OC. The highest BCUT2D eigenvalue weighted by atomic mass is 16.5. The van der Waals surface area contributed by atoms with Crippen LogP contribution in [0.5, 0.6) is 11.5 Å². The van der Waals surface area contributed by atoms with Gasteiger partial charge >= 0.3 is 0 Å². The number of amides is 1. The predicted octanol–water partition coefficient (Wildman–Crippen LogP) is 3.39. The van der Waals surface area contributed by atoms with Crippen molar-refractivity contribution in [2.75, 3.05) is 14.2 Å². The highest BCUT2D eigenvalue weighted by molar-refractivity contribution is 6.26. The molecule has 0 heterocycles. The molecule has 3 aromatic carbocycles. The number of hydrogen-bond donors (Lipinski definition) is 2. The van der Waals surface area contributed by atoms with Crippen molar-refractivity contribution in [1.82, 2.24) is 5.43 Å². The summed E-state index contributed by atoms with van der Waals surface area (Å²) >= 11 is 0. The minimum Gasteiger partial charge on any atom is -0.493 e. The molecule has 5 nitrogen and oxygen atoms in total. The number of benzene rings is 3. The fraction of sp³-hybridized carbons (Fsp3) is 0.0952. The number of ether oxygens (including phenoxy) is 2. The molecule has 0 saturated heterocycles. The molecule has 0 radical (unpaired) electrons. The van der Waals surface area contributed by atoms with Crippen LogP contribution < -0.4 is 20.7 Å². The number of methoxy groups -OCH3 is 2. The van der Waals surface area contributed by atoms with Crippen LogP contribution in [-0.2, 0) is 4.79 Å². The number of hydrogen-bond acceptors (Lipinski definition) is 4. The molecule has 132 valence electrons. The number of nitrogens with two attached hydrogens (primary N) is 1. The lowest BCUT2D eigenvalue weighted by atomic mass is 9.96. The summed E-state index contributed by atoms with van der Waals surface area (Å²) in [4.78, 5) is 12.5. The number of carbonyl (C=O) groups is 1. The molecular weight excluding hydrogens is 328 g/mol. The normalized spacial score (nSPS) is 11.3. The Hall–Kier alpha value is -3.31. The Balaban J connectivity index is 2.18. The first-order valence-corrected chi connectivity index (χ1v) is 8.10. The molecular formula is C21H20N2O3. The Morgan fingerprint density at radius 2 is 1.69 bits per heavy atom. The molecule has 3 N–H and O–H groups in total. The zero-order chi connectivity index (χ0) is 18.5. The minimum absolute atomic E-state index is 0.365. The Labute approximate surface area is 152 Å². The number of fused-ring (bicyclic) bond motifs is 1. The first kappa shape index (κ1) is 17.5. The lowest BCUT2D eigenvalue weighted by Crippen LogP contribution is -2.30. The van der Waals surface area contributed by atoms with Crippen molar-refractivity contribution < 1.29 is 14.3 Å². The van der Waals surface area contributed by atoms with E-state index in [0.29, 0.717) is 17.1 Å². The summed E-state index contributed by atoms with van der Waals surface area (Å²) in [6.45, 7) is 0. The Morgan fingerprint density at radius 3 is 2.42 bits per heavy atom. The average Bonchev–Trinajstić information content (AvgIpc) is 2.70. The second-order valence-corrected chi connectivity index (χ2v) is 5.67. The number of rotatable bonds is 5. The summed E-state index contributed by atoms with van der Waals surface area (Å²) in [5, 5.41) is 2.03. The molecule has 3 aromatic rings. The highest BCUT2D eigenvalue weighted by Crippen LogP contribution is 2.31. The maximum atomic E-state index is 12.5. The van der Waals surface area contributed by atoms with Gasteiger partial charge < -0.3 is 9.47 Å². The third-order valence-electron chi connectivity index (χ3n) is 4.17. The smallest absolute Gasteiger partial charge is 0.265 e. The summed E-state index contributed by atoms with van der Waals surface area (Å²) < 4.78 is 10.6. The number of hydrazine groups is 1. The van der Waals surface area contributed by atoms with Crippen molar-refractivity contribution in [1.29, 1.82) is 0 Å². The maximum absolute atomic E-state index is 12.5. The second-order valence-electron chi connectivity index (χ2n) is 5.67. The van der Waals surface area contributed by atoms with Crippen LogP contribution in [0, 0.1) is 0 Å². The largest absolute Gasteiger partial charge is 0.493 e. The predicted molar refractivity (Wildman–Crippen MR) is 104 cm³/mol. The third-order valence-corrected chi connectivity index (χ3v) is 4.17. The topological polar surface area (TPSA) is 73.6 Å². The van der Waals surface area contributed by atoms with E-state index in [1.165, 1.54) is 0 Å². The first-order chi connectivity index (χ1) is 12.7. The van der Waals surface area contributed by atoms with Crippen molar-refractivity contribution in [3.63, 3.8) is 0 Å². The summed E-state index contributed by atoms with van der Waals surface area (Å²) in [6.07, 6.45) is 1.78. The minimum atomic E-state index is -0.365. The van der Waals surface area contributed by atoms with Crippen molar-refractivity contribution in [2.45, 2.75) is 0 Å². The van der Waals surface area contributed by atoms with Crippen molar-refractivity contribution in [3.05, 3.63) is 71.8 Å². The standard InChI is InChI=1S/C21H20N2O3/c1-25-19-11-10-14(13-20(19)26-2)12-18(21(24)23-22)17-9-5-7-15-6-3-4-8-16(15)17/h3-13H,22H2,1-2H3,(H,23,24). The first-order valence-electron chi connectivity index (χ1n) is 8.10. The van der Waals surface area contributed by atoms with Crippen LogP contribution in [0.15, 0.2) is 60.7 Å². The van der Waals surface area contributed by atoms with E-state index in [2.05, 4.69) is 5.43 Å². The van der Waals surface area contributed by atoms with Gasteiger partial charge in [-0.2, -0.15) is 0 Å². The zero-order valence-electron chi connectivity index (χ0n) is 14.7. The summed E-state index contributed by atoms with van der Waals surface area (Å²) in [6, 6.07) is 19.2. The van der Waals surface area contributed by atoms with Gasteiger partial charge in [0.1, 0.15) is 0 Å². The van der Waals surface area contributed by atoms with E-state index in [4.69, 9.17) is 15.3 Å². The van der Waals surface area contributed by atoms with Crippen molar-refractivity contribution >= 4 is 28.3 Å². The molecule has 3 rings (SSSR count). The van der Waals surface area contributed by atoms with Gasteiger partial charge in [-0.25, -0.2) is 5.84 Å². The lowest BCUT2D eigenvalue weighted by molar-refractivity contribution is -0.115. The van der Waals surface area contributed by atoms with E-state index >= 15 is 0 Å². The van der Waals surface area contributed by atoms with Crippen LogP contribution in [0.3, 0.4) is 0 Å². The lowest BCUT2D eigenvalue weighted by Gasteiger charge is -2.12. The molecule has 1 amide bonds. The van der Waals surface area contributed by atoms with E-state index < -0.39 is 0 Å². The molecule has 0 unspecified atom stereocenters. The molecule has 0 aliphatic carbocycles. The van der Waals surface area contributed by atoms with Gasteiger partial charge in [0.15, 0.2) is 11.5 Å². The summed E-state index contributed by atoms with van der Waals surface area (Å²) in [5.74, 6) is 6.27. The molecule has 0 aliphatic rings. The Morgan fingerprint density at radius 1 is 0.962 bits per heavy atom. The zero-order valence-corrected chi connectivity index (χ0v) is 14.7. The van der Waals surface area contributed by atoms with E-state index in [-0.39, 0.29) is 5.91 Å². The van der Waals surface area contributed by atoms with Crippen LogP contribution in [0.1, 0.15) is 11.1 Å². The van der Waals surface area contributed by atoms with Gasteiger partial charge in [-0.3, -0.25) is 10.2 Å². The van der Waals surface area contributed by atoms with Gasteiger partial charge in [0, 0.05) is 5.57 Å². The Bertz CT molecular complexity index is 975. The summed E-state index contributed by atoms with van der Waals surface area (Å²) in [7, 11) is 3.15. The maximum Gasteiger partial charge on any atom is 0.265 e. The van der Waals surface area contributed by atoms with Crippen molar-refractivity contribution in [3.8, 4) is 11.5 Å². The van der Waals surface area contributed by atoms with Crippen LogP contribution in [0.4, 0.5) is 0 Å². The van der Waals surface area contributed by atoms with Gasteiger partial charge in [-0.15, -0.1) is 0 Å². The van der Waals surface area contributed by atoms with Gasteiger partial charge in [-0.05, 0) is 40.1 Å². The molecule has 0 saturated carbocycles. The molecule has 0 spiro atoms. The van der Waals surface area contributed by atoms with Crippen LogP contribution >= 0.6 is 0 Å². The van der Waals surface area contributed by atoms with Gasteiger partial charge in [-0.1, -0.05) is 48.5 Å². The van der Waals surface area contributed by atoms with Crippen LogP contribution in [0.2, 0.25) is 0 Å². The van der Waals surface area contributed by atoms with Gasteiger partial charge in [0.2, 0.25) is 0 Å². The average molecular weight is 348 g/mol. The van der Waals surface area contributed by atoms with E-state index in [1.807, 2.05) is 54.6 Å². The fourth-order valence-electron chi connectivity index (χ4n) is 2.91. The quantitative estimate of drug-likeness (QED) is 0.244. The Kier molecular flexibility index (Phi) is 5.20. The molecule has 5 heteroatoms. The van der Waals surface area contributed by atoms with Crippen LogP contribution in [-0.4, -0.2) is 20.1 Å². The number of nitrogens with one attached hydrogen (secondary N) is 1. The second kappa shape index (κ2) is 7.72. The third kappa shape index (κ3) is 3.38. The molecule has 26 heavy (non-hydrogen) atoms.